The molecule has 2 aromatic carbocycles. The van der Waals surface area contributed by atoms with Gasteiger partial charge in [0.05, 0.1) is 5.39 Å². The number of rotatable bonds is 5. The van der Waals surface area contributed by atoms with Gasteiger partial charge in [0.1, 0.15) is 6.61 Å². The molecule has 2 heterocycles. The van der Waals surface area contributed by atoms with E-state index in [0.29, 0.717) is 20.8 Å². The topological polar surface area (TPSA) is 74.1 Å². The number of ether oxygens (including phenoxy) is 1. The SMILES string of the molecule is C[C@@H](C(=O)OCc1ccccc1Cl)n1nnc2sc(-c3ccccc3)cc2c1=O. The van der Waals surface area contributed by atoms with E-state index in [0.717, 1.165) is 15.1 Å². The fourth-order valence-electron chi connectivity index (χ4n) is 2.84. The molecule has 0 aliphatic rings. The molecule has 0 unspecified atom stereocenters. The Kier molecular flexibility index (Phi) is 5.42. The zero-order valence-corrected chi connectivity index (χ0v) is 17.0. The fraction of sp³-hybridized carbons (Fsp3) is 0.143. The van der Waals surface area contributed by atoms with Crippen molar-refractivity contribution in [3.05, 3.63) is 81.6 Å². The molecule has 29 heavy (non-hydrogen) atoms. The summed E-state index contributed by atoms with van der Waals surface area (Å²) in [7, 11) is 0. The molecule has 0 aliphatic carbocycles. The molecule has 8 heteroatoms. The number of esters is 1. The van der Waals surface area contributed by atoms with Crippen molar-refractivity contribution in [1.82, 2.24) is 15.0 Å². The molecule has 0 amide bonds. The Balaban J connectivity index is 1.58. The van der Waals surface area contributed by atoms with Crippen molar-refractivity contribution in [2.75, 3.05) is 0 Å². The Morgan fingerprint density at radius 3 is 2.66 bits per heavy atom. The summed E-state index contributed by atoms with van der Waals surface area (Å²) in [4.78, 5) is 26.8. The van der Waals surface area contributed by atoms with E-state index in [1.54, 1.807) is 31.2 Å². The molecule has 146 valence electrons. The zero-order valence-electron chi connectivity index (χ0n) is 15.4. The van der Waals surface area contributed by atoms with Gasteiger partial charge >= 0.3 is 5.97 Å². The van der Waals surface area contributed by atoms with Gasteiger partial charge in [-0.2, -0.15) is 4.68 Å². The van der Waals surface area contributed by atoms with Crippen LogP contribution in [0.5, 0.6) is 0 Å². The minimum atomic E-state index is -0.915. The predicted octanol–water partition coefficient (Wildman–Crippen LogP) is 4.48. The van der Waals surface area contributed by atoms with Gasteiger partial charge in [-0.3, -0.25) is 4.79 Å². The van der Waals surface area contributed by atoms with Crippen LogP contribution in [0.15, 0.2) is 65.5 Å². The first kappa shape index (κ1) is 19.3. The number of carbonyl (C=O) groups is 1. The van der Waals surface area contributed by atoms with Gasteiger partial charge in [-0.1, -0.05) is 65.3 Å². The average molecular weight is 426 g/mol. The fourth-order valence-corrected chi connectivity index (χ4v) is 4.01. The van der Waals surface area contributed by atoms with Gasteiger partial charge in [0.25, 0.3) is 5.56 Å². The first-order chi connectivity index (χ1) is 14.0. The normalized spacial score (nSPS) is 12.1. The molecule has 0 fully saturated rings. The third-order valence-electron chi connectivity index (χ3n) is 4.48. The van der Waals surface area contributed by atoms with E-state index < -0.39 is 12.0 Å². The van der Waals surface area contributed by atoms with Crippen LogP contribution in [-0.2, 0) is 16.1 Å². The van der Waals surface area contributed by atoms with Gasteiger partial charge in [0, 0.05) is 15.5 Å². The number of thiophene rings is 1. The summed E-state index contributed by atoms with van der Waals surface area (Å²) in [6, 6.07) is 17.7. The summed E-state index contributed by atoms with van der Waals surface area (Å²) in [5, 5.41) is 9.01. The maximum Gasteiger partial charge on any atom is 0.331 e. The number of hydrogen-bond donors (Lipinski definition) is 0. The number of carbonyl (C=O) groups excluding carboxylic acids is 1. The summed E-state index contributed by atoms with van der Waals surface area (Å²) in [5.41, 5.74) is 1.30. The van der Waals surface area contributed by atoms with E-state index in [1.807, 2.05) is 36.4 Å². The third-order valence-corrected chi connectivity index (χ3v) is 5.91. The van der Waals surface area contributed by atoms with Gasteiger partial charge < -0.3 is 4.74 Å². The molecular formula is C21H16ClN3O3S. The minimum absolute atomic E-state index is 0.0177. The lowest BCUT2D eigenvalue weighted by Gasteiger charge is -2.13. The quantitative estimate of drug-likeness (QED) is 0.441. The summed E-state index contributed by atoms with van der Waals surface area (Å²) in [5.74, 6) is -0.584. The zero-order chi connectivity index (χ0) is 20.4. The standard InChI is InChI=1S/C21H16ClN3O3S/c1-13(21(27)28-12-15-9-5-6-10-17(15)22)25-20(26)16-11-18(29-19(16)23-24-25)14-7-3-2-4-8-14/h2-11,13H,12H2,1H3/t13-/m0/s1. The van der Waals surface area contributed by atoms with E-state index in [9.17, 15) is 9.59 Å². The van der Waals surface area contributed by atoms with Crippen molar-refractivity contribution in [2.45, 2.75) is 19.6 Å². The predicted molar refractivity (Wildman–Crippen MR) is 113 cm³/mol. The van der Waals surface area contributed by atoms with Crippen molar-refractivity contribution in [1.29, 1.82) is 0 Å². The van der Waals surface area contributed by atoms with Crippen LogP contribution in [0.1, 0.15) is 18.5 Å². The number of hydrogen-bond acceptors (Lipinski definition) is 6. The second-order valence-corrected chi connectivity index (χ2v) is 7.85. The smallest absolute Gasteiger partial charge is 0.331 e. The summed E-state index contributed by atoms with van der Waals surface area (Å²) >= 11 is 7.46. The van der Waals surface area contributed by atoms with Crippen molar-refractivity contribution in [2.24, 2.45) is 0 Å². The lowest BCUT2D eigenvalue weighted by Crippen LogP contribution is -2.31. The molecule has 0 bridgehead atoms. The van der Waals surface area contributed by atoms with E-state index in [2.05, 4.69) is 10.3 Å². The number of nitrogens with zero attached hydrogens (tertiary/aromatic N) is 3. The molecule has 4 rings (SSSR count). The second-order valence-electron chi connectivity index (χ2n) is 6.41. The average Bonchev–Trinajstić information content (AvgIpc) is 3.19. The summed E-state index contributed by atoms with van der Waals surface area (Å²) in [6.07, 6.45) is 0. The molecular weight excluding hydrogens is 410 g/mol. The Bertz CT molecular complexity index is 1240. The van der Waals surface area contributed by atoms with Gasteiger partial charge in [-0.15, -0.1) is 16.4 Å². The van der Waals surface area contributed by atoms with Gasteiger partial charge in [0.15, 0.2) is 10.9 Å². The number of aromatic nitrogens is 3. The van der Waals surface area contributed by atoms with Crippen molar-refractivity contribution < 1.29 is 9.53 Å². The monoisotopic (exact) mass is 425 g/mol. The Morgan fingerprint density at radius 2 is 1.90 bits per heavy atom. The Labute approximate surface area is 175 Å². The number of fused-ring (bicyclic) bond motifs is 1. The van der Waals surface area contributed by atoms with E-state index in [4.69, 9.17) is 16.3 Å². The highest BCUT2D eigenvalue weighted by molar-refractivity contribution is 7.21. The van der Waals surface area contributed by atoms with E-state index in [-0.39, 0.29) is 12.2 Å². The highest BCUT2D eigenvalue weighted by atomic mass is 35.5. The number of benzene rings is 2. The molecule has 2 aromatic heterocycles. The molecule has 0 saturated heterocycles. The molecule has 0 aliphatic heterocycles. The second kappa shape index (κ2) is 8.14. The van der Waals surface area contributed by atoms with Crippen molar-refractivity contribution >= 4 is 39.1 Å². The third kappa shape index (κ3) is 3.92. The Morgan fingerprint density at radius 1 is 1.17 bits per heavy atom. The summed E-state index contributed by atoms with van der Waals surface area (Å²) < 4.78 is 6.37. The Hall–Kier alpha value is -3.03. The highest BCUT2D eigenvalue weighted by Gasteiger charge is 2.22. The van der Waals surface area contributed by atoms with Crippen LogP contribution in [0.3, 0.4) is 0 Å². The lowest BCUT2D eigenvalue weighted by molar-refractivity contribution is -0.148. The molecule has 6 nitrogen and oxygen atoms in total. The van der Waals surface area contributed by atoms with Crippen LogP contribution in [0, 0.1) is 0 Å². The van der Waals surface area contributed by atoms with E-state index >= 15 is 0 Å². The molecule has 0 spiro atoms. The van der Waals surface area contributed by atoms with Crippen LogP contribution in [0.2, 0.25) is 5.02 Å². The summed E-state index contributed by atoms with van der Waals surface area (Å²) in [6.45, 7) is 1.57. The largest absolute Gasteiger partial charge is 0.459 e. The maximum atomic E-state index is 12.9. The molecule has 0 N–H and O–H groups in total. The van der Waals surface area contributed by atoms with Gasteiger partial charge in [0.2, 0.25) is 0 Å². The maximum absolute atomic E-state index is 12.9. The van der Waals surface area contributed by atoms with Crippen LogP contribution >= 0.6 is 22.9 Å². The van der Waals surface area contributed by atoms with Crippen molar-refractivity contribution in [3.63, 3.8) is 0 Å². The first-order valence-corrected chi connectivity index (χ1v) is 10.1. The minimum Gasteiger partial charge on any atom is -0.459 e. The van der Waals surface area contributed by atoms with Crippen molar-refractivity contribution in [3.8, 4) is 10.4 Å². The first-order valence-electron chi connectivity index (χ1n) is 8.89. The molecule has 1 atom stereocenters. The molecule has 0 saturated carbocycles. The lowest BCUT2D eigenvalue weighted by atomic mass is 10.2. The van der Waals surface area contributed by atoms with Gasteiger partial charge in [-0.05, 0) is 24.6 Å². The molecule has 0 radical (unpaired) electrons. The highest BCUT2D eigenvalue weighted by Crippen LogP contribution is 2.30. The van der Waals surface area contributed by atoms with Crippen LogP contribution in [0.25, 0.3) is 20.7 Å². The van der Waals surface area contributed by atoms with Crippen LogP contribution in [0.4, 0.5) is 0 Å². The van der Waals surface area contributed by atoms with E-state index in [1.165, 1.54) is 11.3 Å². The van der Waals surface area contributed by atoms with Gasteiger partial charge in [-0.25, -0.2) is 4.79 Å². The van der Waals surface area contributed by atoms with Crippen LogP contribution < -0.4 is 5.56 Å². The number of halogens is 1. The van der Waals surface area contributed by atoms with Crippen LogP contribution in [-0.4, -0.2) is 21.0 Å². The molecule has 4 aromatic rings.